The maximum Gasteiger partial charge on any atom is 0.183 e. The van der Waals surface area contributed by atoms with E-state index in [0.717, 1.165) is 44.6 Å². The van der Waals surface area contributed by atoms with Crippen molar-refractivity contribution in [2.75, 3.05) is 12.4 Å². The summed E-state index contributed by atoms with van der Waals surface area (Å²) < 4.78 is 5.47. The second-order valence-corrected chi connectivity index (χ2v) is 6.50. The largest absolute Gasteiger partial charge is 0.497 e. The number of aromatic nitrogens is 3. The Kier molecular flexibility index (Phi) is 3.36. The van der Waals surface area contributed by atoms with Crippen LogP contribution in [0.3, 0.4) is 0 Å². The number of fused-ring (bicyclic) bond motifs is 2. The zero-order chi connectivity index (χ0) is 16.0. The van der Waals surface area contributed by atoms with Crippen LogP contribution >= 0.6 is 0 Å². The smallest absolute Gasteiger partial charge is 0.183 e. The van der Waals surface area contributed by atoms with E-state index >= 15 is 0 Å². The molecule has 0 unspecified atom stereocenters. The number of rotatable bonds is 3. The zero-order valence-corrected chi connectivity index (χ0v) is 13.9. The molecule has 0 atom stereocenters. The third-order valence-electron chi connectivity index (χ3n) is 4.88. The van der Waals surface area contributed by atoms with Crippen LogP contribution in [0.2, 0.25) is 0 Å². The van der Waals surface area contributed by atoms with Crippen molar-refractivity contribution in [3.05, 3.63) is 23.4 Å². The quantitative estimate of drug-likeness (QED) is 0.765. The van der Waals surface area contributed by atoms with Crippen molar-refractivity contribution < 1.29 is 4.74 Å². The first-order valence-electron chi connectivity index (χ1n) is 8.27. The second kappa shape index (κ2) is 5.41. The van der Waals surface area contributed by atoms with Crippen molar-refractivity contribution in [2.45, 2.75) is 45.6 Å². The molecule has 1 aliphatic carbocycles. The number of aryl methyl sites for hydroxylation is 2. The summed E-state index contributed by atoms with van der Waals surface area (Å²) in [5, 5.41) is 13.4. The van der Waals surface area contributed by atoms with Gasteiger partial charge in [-0.3, -0.25) is 5.10 Å². The third kappa shape index (κ3) is 2.31. The first-order valence-corrected chi connectivity index (χ1v) is 8.27. The van der Waals surface area contributed by atoms with Crippen LogP contribution in [0.15, 0.2) is 12.1 Å². The number of hydrogen-bond acceptors (Lipinski definition) is 4. The molecule has 5 heteroatoms. The lowest BCUT2D eigenvalue weighted by Gasteiger charge is -2.18. The Balaban J connectivity index is 2.02. The first-order chi connectivity index (χ1) is 11.2. The molecule has 0 saturated heterocycles. The average molecular weight is 310 g/mol. The van der Waals surface area contributed by atoms with Gasteiger partial charge < -0.3 is 10.1 Å². The van der Waals surface area contributed by atoms with E-state index in [1.54, 1.807) is 7.11 Å². The van der Waals surface area contributed by atoms with Crippen LogP contribution in [0.25, 0.3) is 21.9 Å². The van der Waals surface area contributed by atoms with Gasteiger partial charge >= 0.3 is 0 Å². The summed E-state index contributed by atoms with van der Waals surface area (Å²) >= 11 is 0. The SMILES string of the molecule is COc1cc(C)c2nc3n[nH]c(C)c3c(NC3CCCC3)c2c1. The van der Waals surface area contributed by atoms with Gasteiger partial charge in [0.15, 0.2) is 5.65 Å². The summed E-state index contributed by atoms with van der Waals surface area (Å²) in [6.07, 6.45) is 5.06. The Bertz CT molecular complexity index is 878. The number of anilines is 1. The van der Waals surface area contributed by atoms with Crippen LogP contribution in [0.1, 0.15) is 36.9 Å². The predicted octanol–water partition coefficient (Wildman–Crippen LogP) is 4.09. The molecule has 4 rings (SSSR count). The van der Waals surface area contributed by atoms with E-state index in [0.29, 0.717) is 6.04 Å². The van der Waals surface area contributed by atoms with Gasteiger partial charge in [0, 0.05) is 17.1 Å². The number of H-pyrrole nitrogens is 1. The molecule has 0 radical (unpaired) electrons. The lowest BCUT2D eigenvalue weighted by molar-refractivity contribution is 0.415. The zero-order valence-electron chi connectivity index (χ0n) is 13.9. The minimum Gasteiger partial charge on any atom is -0.497 e. The van der Waals surface area contributed by atoms with E-state index < -0.39 is 0 Å². The Morgan fingerprint density at radius 3 is 2.74 bits per heavy atom. The minimum atomic E-state index is 0.532. The summed E-state index contributed by atoms with van der Waals surface area (Å²) in [7, 11) is 1.71. The molecule has 0 bridgehead atoms. The van der Waals surface area contributed by atoms with Gasteiger partial charge in [-0.1, -0.05) is 12.8 Å². The van der Waals surface area contributed by atoms with Crippen LogP contribution < -0.4 is 10.1 Å². The van der Waals surface area contributed by atoms with Gasteiger partial charge in [-0.05, 0) is 44.4 Å². The van der Waals surface area contributed by atoms with Gasteiger partial charge in [-0.2, -0.15) is 5.10 Å². The molecule has 1 fully saturated rings. The Labute approximate surface area is 135 Å². The number of pyridine rings is 1. The lowest BCUT2D eigenvalue weighted by Crippen LogP contribution is -2.15. The molecule has 2 heterocycles. The molecule has 2 N–H and O–H groups in total. The minimum absolute atomic E-state index is 0.532. The molecule has 2 aromatic heterocycles. The summed E-state index contributed by atoms with van der Waals surface area (Å²) in [4.78, 5) is 4.77. The topological polar surface area (TPSA) is 62.8 Å². The maximum absolute atomic E-state index is 5.47. The summed E-state index contributed by atoms with van der Waals surface area (Å²) in [6.45, 7) is 4.12. The van der Waals surface area contributed by atoms with E-state index in [1.807, 2.05) is 6.07 Å². The standard InChI is InChI=1S/C18H22N4O/c1-10-8-13(23-3)9-14-16(10)20-18-15(11(2)21-22-18)17(14)19-12-6-4-5-7-12/h8-9,12H,4-7H2,1-3H3,(H2,19,20,21,22). The summed E-state index contributed by atoms with van der Waals surface area (Å²) in [6, 6.07) is 4.64. The highest BCUT2D eigenvalue weighted by atomic mass is 16.5. The fraction of sp³-hybridized carbons (Fsp3) is 0.444. The van der Waals surface area contributed by atoms with Crippen molar-refractivity contribution >= 4 is 27.6 Å². The van der Waals surface area contributed by atoms with Gasteiger partial charge in [0.25, 0.3) is 0 Å². The Hall–Kier alpha value is -2.30. The van der Waals surface area contributed by atoms with Crippen LogP contribution in [0.4, 0.5) is 5.69 Å². The van der Waals surface area contributed by atoms with Crippen LogP contribution in [0, 0.1) is 13.8 Å². The number of ether oxygens (including phenoxy) is 1. The van der Waals surface area contributed by atoms with Crippen molar-refractivity contribution in [3.63, 3.8) is 0 Å². The molecule has 1 aromatic carbocycles. The van der Waals surface area contributed by atoms with Crippen molar-refractivity contribution in [1.29, 1.82) is 0 Å². The molecule has 1 aliphatic rings. The lowest BCUT2D eigenvalue weighted by atomic mass is 10.0. The highest BCUT2D eigenvalue weighted by molar-refractivity contribution is 6.08. The summed E-state index contributed by atoms with van der Waals surface area (Å²) in [5.41, 5.74) is 5.07. The second-order valence-electron chi connectivity index (χ2n) is 6.50. The molecule has 23 heavy (non-hydrogen) atoms. The van der Waals surface area contributed by atoms with Gasteiger partial charge in [-0.25, -0.2) is 4.98 Å². The van der Waals surface area contributed by atoms with E-state index in [2.05, 4.69) is 35.4 Å². The molecule has 0 amide bonds. The average Bonchev–Trinajstić information content (AvgIpc) is 3.18. The highest BCUT2D eigenvalue weighted by Gasteiger charge is 2.20. The van der Waals surface area contributed by atoms with Crippen molar-refractivity contribution in [3.8, 4) is 5.75 Å². The van der Waals surface area contributed by atoms with E-state index in [1.165, 1.54) is 25.7 Å². The van der Waals surface area contributed by atoms with Gasteiger partial charge in [-0.15, -0.1) is 0 Å². The molecule has 5 nitrogen and oxygen atoms in total. The number of benzene rings is 1. The monoisotopic (exact) mass is 310 g/mol. The number of nitrogens with zero attached hydrogens (tertiary/aromatic N) is 2. The van der Waals surface area contributed by atoms with Crippen molar-refractivity contribution in [1.82, 2.24) is 15.2 Å². The normalized spacial score (nSPS) is 15.6. The fourth-order valence-electron chi connectivity index (χ4n) is 3.66. The molecule has 120 valence electrons. The van der Waals surface area contributed by atoms with Crippen LogP contribution in [-0.2, 0) is 0 Å². The number of nitrogens with one attached hydrogen (secondary N) is 2. The maximum atomic E-state index is 5.47. The number of hydrogen-bond donors (Lipinski definition) is 2. The van der Waals surface area contributed by atoms with E-state index in [9.17, 15) is 0 Å². The van der Waals surface area contributed by atoms with Crippen molar-refractivity contribution in [2.24, 2.45) is 0 Å². The van der Waals surface area contributed by atoms with Gasteiger partial charge in [0.05, 0.1) is 23.7 Å². The number of methoxy groups -OCH3 is 1. The van der Waals surface area contributed by atoms with Gasteiger partial charge in [0.1, 0.15) is 5.75 Å². The van der Waals surface area contributed by atoms with E-state index in [-0.39, 0.29) is 0 Å². The fourth-order valence-corrected chi connectivity index (χ4v) is 3.66. The van der Waals surface area contributed by atoms with Crippen LogP contribution in [-0.4, -0.2) is 28.3 Å². The van der Waals surface area contributed by atoms with Gasteiger partial charge in [0.2, 0.25) is 0 Å². The Morgan fingerprint density at radius 1 is 1.22 bits per heavy atom. The Morgan fingerprint density at radius 2 is 2.00 bits per heavy atom. The molecular weight excluding hydrogens is 288 g/mol. The number of aromatic amines is 1. The summed E-state index contributed by atoms with van der Waals surface area (Å²) in [5.74, 6) is 0.867. The molecular formula is C18H22N4O. The molecule has 0 aliphatic heterocycles. The first kappa shape index (κ1) is 14.3. The van der Waals surface area contributed by atoms with E-state index in [4.69, 9.17) is 9.72 Å². The van der Waals surface area contributed by atoms with Crippen LogP contribution in [0.5, 0.6) is 5.75 Å². The highest BCUT2D eigenvalue weighted by Crippen LogP contribution is 2.37. The molecule has 0 spiro atoms. The molecule has 3 aromatic rings. The molecule has 1 saturated carbocycles. The third-order valence-corrected chi connectivity index (χ3v) is 4.88. The predicted molar refractivity (Wildman–Crippen MR) is 93.3 cm³/mol.